The van der Waals surface area contributed by atoms with Crippen LogP contribution in [0.5, 0.6) is 23.1 Å². The van der Waals surface area contributed by atoms with Gasteiger partial charge in [0.25, 0.3) is 0 Å². The number of alkyl halides is 3. The van der Waals surface area contributed by atoms with Gasteiger partial charge in [0.05, 0.1) is 18.8 Å². The minimum Gasteiger partial charge on any atom is -0.492 e. The Hall–Kier alpha value is -3.79. The predicted molar refractivity (Wildman–Crippen MR) is 150 cm³/mol. The number of para-hydroxylation sites is 1. The van der Waals surface area contributed by atoms with Gasteiger partial charge in [0.2, 0.25) is 5.88 Å². The Morgan fingerprint density at radius 3 is 2.42 bits per heavy atom. The molecule has 3 rings (SSSR count). The monoisotopic (exact) mass is 647 g/mol. The molecule has 0 aliphatic heterocycles. The normalized spacial score (nSPS) is 11.6. The number of hydrogen-bond donors (Lipinski definition) is 2. The maximum absolute atomic E-state index is 13.0. The van der Waals surface area contributed by atoms with Crippen LogP contribution >= 0.6 is 11.6 Å². The van der Waals surface area contributed by atoms with E-state index in [1.807, 2.05) is 6.07 Å². The molecule has 0 bridgehead atoms. The number of nitrogens with one attached hydrogen (secondary N) is 2. The van der Waals surface area contributed by atoms with Crippen molar-refractivity contribution in [1.29, 1.82) is 0 Å². The van der Waals surface area contributed by atoms with Crippen LogP contribution in [-0.4, -0.2) is 59.6 Å². The van der Waals surface area contributed by atoms with Gasteiger partial charge in [0.1, 0.15) is 35.5 Å². The molecule has 0 fully saturated rings. The highest BCUT2D eigenvalue weighted by Crippen LogP contribution is 2.36. The molecule has 234 valence electrons. The van der Waals surface area contributed by atoms with Crippen LogP contribution in [0.3, 0.4) is 0 Å². The van der Waals surface area contributed by atoms with Crippen LogP contribution in [0.4, 0.5) is 18.0 Å². The molecule has 43 heavy (non-hydrogen) atoms. The topological polar surface area (TPSA) is 134 Å². The molecule has 0 aliphatic rings. The molecule has 1 amide bonds. The molecule has 2 aromatic carbocycles. The van der Waals surface area contributed by atoms with E-state index < -0.39 is 28.0 Å². The summed E-state index contributed by atoms with van der Waals surface area (Å²) in [4.78, 5) is 15.7. The minimum atomic E-state index is -4.63. The van der Waals surface area contributed by atoms with Crippen molar-refractivity contribution in [1.82, 2.24) is 14.4 Å². The summed E-state index contributed by atoms with van der Waals surface area (Å²) in [6.45, 7) is 0.325. The van der Waals surface area contributed by atoms with Crippen LogP contribution in [-0.2, 0) is 32.3 Å². The second kappa shape index (κ2) is 16.2. The molecular formula is C27H29ClF3N3O8S. The van der Waals surface area contributed by atoms with Crippen molar-refractivity contribution in [3.8, 4) is 23.1 Å². The third kappa shape index (κ3) is 11.8. The standard InChI is InChI=1S/C27H29ClF3N3O8S/c1-38-14-15-40-22-10-9-19(24(17-22)42-25-23(28)16-20(18-32-25)27(29,30)31)6-5-12-41-26(35)34-43(36,37)33-11-13-39-21-7-3-2-4-8-21/h2-4,7-10,16-18,33H,5-6,11-15H2,1H3,(H,34,35). The lowest BCUT2D eigenvalue weighted by molar-refractivity contribution is -0.137. The van der Waals surface area contributed by atoms with E-state index in [0.29, 0.717) is 35.9 Å². The van der Waals surface area contributed by atoms with E-state index in [9.17, 15) is 26.4 Å². The number of carbonyl (C=O) groups is 1. The molecule has 0 saturated heterocycles. The Morgan fingerprint density at radius 1 is 0.977 bits per heavy atom. The van der Waals surface area contributed by atoms with Crippen molar-refractivity contribution in [2.24, 2.45) is 0 Å². The number of ether oxygens (including phenoxy) is 5. The zero-order valence-electron chi connectivity index (χ0n) is 22.9. The third-order valence-corrected chi connectivity index (χ3v) is 6.67. The van der Waals surface area contributed by atoms with Crippen molar-refractivity contribution in [2.75, 3.05) is 40.1 Å². The summed E-state index contributed by atoms with van der Waals surface area (Å²) in [6, 6.07) is 14.3. The number of rotatable bonds is 16. The quantitative estimate of drug-likeness (QED) is 0.203. The Labute approximate surface area is 251 Å². The van der Waals surface area contributed by atoms with Gasteiger partial charge in [-0.1, -0.05) is 35.9 Å². The molecule has 0 unspecified atom stereocenters. The first-order chi connectivity index (χ1) is 20.5. The number of benzene rings is 2. The van der Waals surface area contributed by atoms with E-state index in [1.54, 1.807) is 41.1 Å². The first-order valence-electron chi connectivity index (χ1n) is 12.7. The third-order valence-electron chi connectivity index (χ3n) is 5.38. The molecule has 11 nitrogen and oxygen atoms in total. The summed E-state index contributed by atoms with van der Waals surface area (Å²) in [5.41, 5.74) is -0.469. The van der Waals surface area contributed by atoms with Crippen molar-refractivity contribution >= 4 is 27.9 Å². The number of methoxy groups -OCH3 is 1. The molecule has 0 saturated carbocycles. The summed E-state index contributed by atoms with van der Waals surface area (Å²) < 4.78 is 93.6. The predicted octanol–water partition coefficient (Wildman–Crippen LogP) is 5.14. The van der Waals surface area contributed by atoms with Crippen molar-refractivity contribution < 1.29 is 50.1 Å². The zero-order valence-corrected chi connectivity index (χ0v) is 24.4. The molecule has 1 aromatic heterocycles. The van der Waals surface area contributed by atoms with E-state index in [0.717, 1.165) is 0 Å². The number of hydrogen-bond acceptors (Lipinski definition) is 9. The van der Waals surface area contributed by atoms with Crippen LogP contribution in [0.15, 0.2) is 60.8 Å². The largest absolute Gasteiger partial charge is 0.492 e. The van der Waals surface area contributed by atoms with Crippen molar-refractivity contribution in [3.05, 3.63) is 76.9 Å². The van der Waals surface area contributed by atoms with Gasteiger partial charge in [-0.2, -0.15) is 26.3 Å². The molecule has 1 heterocycles. The van der Waals surface area contributed by atoms with Crippen LogP contribution in [0.25, 0.3) is 0 Å². The average Bonchev–Trinajstić information content (AvgIpc) is 2.95. The number of amides is 1. The number of pyridine rings is 1. The van der Waals surface area contributed by atoms with Crippen LogP contribution < -0.4 is 23.7 Å². The van der Waals surface area contributed by atoms with Gasteiger partial charge >= 0.3 is 22.5 Å². The second-order valence-corrected chi connectivity index (χ2v) is 10.5. The van der Waals surface area contributed by atoms with E-state index >= 15 is 0 Å². The summed E-state index contributed by atoms with van der Waals surface area (Å²) >= 11 is 6.00. The first kappa shape index (κ1) is 33.7. The highest BCUT2D eigenvalue weighted by atomic mass is 35.5. The van der Waals surface area contributed by atoms with Crippen molar-refractivity contribution in [2.45, 2.75) is 19.0 Å². The Balaban J connectivity index is 1.53. The number of carbonyl (C=O) groups excluding carboxylic acids is 1. The van der Waals surface area contributed by atoms with Gasteiger partial charge in [-0.25, -0.2) is 14.5 Å². The maximum Gasteiger partial charge on any atom is 0.421 e. The fraction of sp³-hybridized carbons (Fsp3) is 0.333. The smallest absolute Gasteiger partial charge is 0.421 e. The lowest BCUT2D eigenvalue weighted by Crippen LogP contribution is -2.42. The van der Waals surface area contributed by atoms with E-state index in [-0.39, 0.29) is 55.9 Å². The highest BCUT2D eigenvalue weighted by molar-refractivity contribution is 7.88. The van der Waals surface area contributed by atoms with E-state index in [1.165, 1.54) is 13.2 Å². The molecule has 0 atom stereocenters. The Bertz CT molecular complexity index is 1450. The summed E-state index contributed by atoms with van der Waals surface area (Å²) in [5, 5.41) is -0.354. The minimum absolute atomic E-state index is 0.0355. The van der Waals surface area contributed by atoms with Crippen LogP contribution in [0.1, 0.15) is 17.5 Å². The Kier molecular flexibility index (Phi) is 12.7. The summed E-state index contributed by atoms with van der Waals surface area (Å²) in [6.07, 6.45) is -4.71. The van der Waals surface area contributed by atoms with Gasteiger partial charge in [-0.15, -0.1) is 0 Å². The maximum atomic E-state index is 13.0. The highest BCUT2D eigenvalue weighted by Gasteiger charge is 2.32. The zero-order chi connectivity index (χ0) is 31.3. The fourth-order valence-electron chi connectivity index (χ4n) is 3.39. The average molecular weight is 648 g/mol. The van der Waals surface area contributed by atoms with Crippen LogP contribution in [0.2, 0.25) is 5.02 Å². The summed E-state index contributed by atoms with van der Waals surface area (Å²) in [7, 11) is -2.67. The lowest BCUT2D eigenvalue weighted by atomic mass is 10.1. The number of halogens is 4. The lowest BCUT2D eigenvalue weighted by Gasteiger charge is -2.15. The van der Waals surface area contributed by atoms with Crippen LogP contribution in [0, 0.1) is 0 Å². The molecule has 16 heteroatoms. The van der Waals surface area contributed by atoms with Crippen molar-refractivity contribution in [3.63, 3.8) is 0 Å². The van der Waals surface area contributed by atoms with Gasteiger partial charge < -0.3 is 23.7 Å². The SMILES string of the molecule is COCCOc1ccc(CCCOC(=O)NS(=O)(=O)NCCOc2ccccc2)c(Oc2ncc(C(F)(F)F)cc2Cl)c1. The summed E-state index contributed by atoms with van der Waals surface area (Å²) in [5.74, 6) is 0.890. The number of aromatic nitrogens is 1. The van der Waals surface area contributed by atoms with Gasteiger partial charge in [-0.3, -0.25) is 0 Å². The fourth-order valence-corrected chi connectivity index (χ4v) is 4.30. The molecular weight excluding hydrogens is 619 g/mol. The first-order valence-corrected chi connectivity index (χ1v) is 14.6. The molecule has 0 radical (unpaired) electrons. The molecule has 3 aromatic rings. The molecule has 0 spiro atoms. The second-order valence-electron chi connectivity index (χ2n) is 8.62. The Morgan fingerprint density at radius 2 is 1.72 bits per heavy atom. The molecule has 2 N–H and O–H groups in total. The van der Waals surface area contributed by atoms with E-state index in [4.69, 9.17) is 35.3 Å². The number of aryl methyl sites for hydroxylation is 1. The molecule has 0 aliphatic carbocycles. The van der Waals surface area contributed by atoms with Gasteiger partial charge in [0, 0.05) is 25.9 Å². The van der Waals surface area contributed by atoms with E-state index in [2.05, 4.69) is 9.71 Å². The van der Waals surface area contributed by atoms with Gasteiger partial charge in [0.15, 0.2) is 0 Å². The van der Waals surface area contributed by atoms with Gasteiger partial charge in [-0.05, 0) is 42.7 Å². The number of nitrogens with zero attached hydrogens (tertiary/aromatic N) is 1.